The Hall–Kier alpha value is -0.940. The van der Waals surface area contributed by atoms with Gasteiger partial charge in [0.05, 0.1) is 13.2 Å². The Morgan fingerprint density at radius 2 is 1.71 bits per heavy atom. The zero-order valence-electron chi connectivity index (χ0n) is 13.2. The Kier molecular flexibility index (Phi) is 6.64. The van der Waals surface area contributed by atoms with Crippen molar-refractivity contribution in [1.29, 1.82) is 0 Å². The van der Waals surface area contributed by atoms with Gasteiger partial charge in [0.25, 0.3) is 0 Å². The first kappa shape index (κ1) is 16.4. The van der Waals surface area contributed by atoms with Crippen LogP contribution in [-0.2, 0) is 14.3 Å². The first-order valence-corrected chi connectivity index (χ1v) is 8.32. The van der Waals surface area contributed by atoms with E-state index in [1.165, 1.54) is 32.4 Å². The van der Waals surface area contributed by atoms with Crippen molar-refractivity contribution in [3.05, 3.63) is 0 Å². The lowest BCUT2D eigenvalue weighted by Crippen LogP contribution is -2.47. The lowest BCUT2D eigenvalue weighted by atomic mass is 9.99. The van der Waals surface area contributed by atoms with Crippen LogP contribution in [-0.4, -0.2) is 66.9 Å². The van der Waals surface area contributed by atoms with E-state index in [0.29, 0.717) is 19.2 Å². The number of hydrogen-bond acceptors (Lipinski definition) is 5. The number of esters is 1. The Labute approximate surface area is 127 Å². The molecule has 120 valence electrons. The average molecular weight is 296 g/mol. The summed E-state index contributed by atoms with van der Waals surface area (Å²) in [4.78, 5) is 27.9. The van der Waals surface area contributed by atoms with Gasteiger partial charge in [-0.05, 0) is 45.7 Å². The van der Waals surface area contributed by atoms with Gasteiger partial charge in [0.15, 0.2) is 5.78 Å². The third-order valence-electron chi connectivity index (χ3n) is 4.51. The van der Waals surface area contributed by atoms with Crippen LogP contribution in [0, 0.1) is 0 Å². The van der Waals surface area contributed by atoms with Crippen molar-refractivity contribution in [3.8, 4) is 0 Å². The van der Waals surface area contributed by atoms with E-state index in [9.17, 15) is 9.59 Å². The molecular weight excluding hydrogens is 268 g/mol. The van der Waals surface area contributed by atoms with Gasteiger partial charge in [0, 0.05) is 19.1 Å². The highest BCUT2D eigenvalue weighted by molar-refractivity contribution is 5.96. The third-order valence-corrected chi connectivity index (χ3v) is 4.51. The molecule has 0 aromatic carbocycles. The van der Waals surface area contributed by atoms with Gasteiger partial charge in [0.2, 0.25) is 0 Å². The maximum atomic E-state index is 11.8. The van der Waals surface area contributed by atoms with Crippen LogP contribution in [0.2, 0.25) is 0 Å². The zero-order valence-corrected chi connectivity index (χ0v) is 13.2. The minimum atomic E-state index is -0.397. The van der Waals surface area contributed by atoms with E-state index >= 15 is 0 Å². The average Bonchev–Trinajstić information content (AvgIpc) is 2.49. The molecule has 2 heterocycles. The molecule has 0 radical (unpaired) electrons. The van der Waals surface area contributed by atoms with Crippen molar-refractivity contribution in [2.45, 2.75) is 51.5 Å². The molecule has 2 fully saturated rings. The largest absolute Gasteiger partial charge is 0.466 e. The summed E-state index contributed by atoms with van der Waals surface area (Å²) >= 11 is 0. The Morgan fingerprint density at radius 1 is 1.05 bits per heavy atom. The van der Waals surface area contributed by atoms with Crippen molar-refractivity contribution in [3.63, 3.8) is 0 Å². The highest BCUT2D eigenvalue weighted by Crippen LogP contribution is 2.20. The molecule has 0 aromatic rings. The summed E-state index contributed by atoms with van der Waals surface area (Å²) in [7, 11) is 0. The molecular formula is C16H28N2O3. The van der Waals surface area contributed by atoms with Gasteiger partial charge < -0.3 is 9.64 Å². The smallest absolute Gasteiger partial charge is 0.313 e. The lowest BCUT2D eigenvalue weighted by Gasteiger charge is -2.40. The summed E-state index contributed by atoms with van der Waals surface area (Å²) in [6.07, 6.45) is 6.24. The molecule has 0 unspecified atom stereocenters. The van der Waals surface area contributed by atoms with Crippen LogP contribution < -0.4 is 0 Å². The summed E-state index contributed by atoms with van der Waals surface area (Å²) in [5.41, 5.74) is 0. The van der Waals surface area contributed by atoms with Gasteiger partial charge in [-0.3, -0.25) is 14.5 Å². The SMILES string of the molecule is CCOC(=O)CC(=O)CN1CCC(N2CCCCC2)CC1. The van der Waals surface area contributed by atoms with E-state index in [2.05, 4.69) is 9.80 Å². The number of likely N-dealkylation sites (tertiary alicyclic amines) is 2. The second-order valence-electron chi connectivity index (χ2n) is 6.12. The van der Waals surface area contributed by atoms with Crippen LogP contribution in [0.3, 0.4) is 0 Å². The van der Waals surface area contributed by atoms with Crippen LogP contribution in [0.4, 0.5) is 0 Å². The Bertz CT molecular complexity index is 345. The fourth-order valence-corrected chi connectivity index (χ4v) is 3.40. The Balaban J connectivity index is 1.66. The lowest BCUT2D eigenvalue weighted by molar-refractivity contribution is -0.145. The van der Waals surface area contributed by atoms with Gasteiger partial charge >= 0.3 is 5.97 Å². The molecule has 5 heteroatoms. The molecule has 5 nitrogen and oxygen atoms in total. The summed E-state index contributed by atoms with van der Waals surface area (Å²) in [5, 5.41) is 0. The molecule has 21 heavy (non-hydrogen) atoms. The molecule has 0 N–H and O–H groups in total. The van der Waals surface area contributed by atoms with Crippen molar-refractivity contribution >= 4 is 11.8 Å². The molecule has 0 saturated carbocycles. The highest BCUT2D eigenvalue weighted by Gasteiger charge is 2.26. The van der Waals surface area contributed by atoms with E-state index in [4.69, 9.17) is 4.74 Å². The van der Waals surface area contributed by atoms with Crippen molar-refractivity contribution in [2.75, 3.05) is 39.3 Å². The minimum Gasteiger partial charge on any atom is -0.466 e. The maximum absolute atomic E-state index is 11.8. The summed E-state index contributed by atoms with van der Waals surface area (Å²) < 4.78 is 4.81. The van der Waals surface area contributed by atoms with E-state index in [-0.39, 0.29) is 12.2 Å². The van der Waals surface area contributed by atoms with Crippen molar-refractivity contribution in [1.82, 2.24) is 9.80 Å². The fraction of sp³-hybridized carbons (Fsp3) is 0.875. The zero-order chi connectivity index (χ0) is 15.1. The number of ketones is 1. The van der Waals surface area contributed by atoms with Gasteiger partial charge in [0.1, 0.15) is 6.42 Å². The number of Topliss-reactive ketones (excluding diaryl/α,β-unsaturated/α-hetero) is 1. The maximum Gasteiger partial charge on any atom is 0.313 e. The van der Waals surface area contributed by atoms with Crippen molar-refractivity contribution in [2.24, 2.45) is 0 Å². The number of piperidine rings is 2. The van der Waals surface area contributed by atoms with E-state index in [1.807, 2.05) is 0 Å². The van der Waals surface area contributed by atoms with Gasteiger partial charge in [-0.15, -0.1) is 0 Å². The normalized spacial score (nSPS) is 22.1. The summed E-state index contributed by atoms with van der Waals surface area (Å²) in [6, 6.07) is 0.696. The molecule has 0 spiro atoms. The first-order chi connectivity index (χ1) is 10.2. The monoisotopic (exact) mass is 296 g/mol. The molecule has 2 aliphatic rings. The quantitative estimate of drug-likeness (QED) is 0.548. The van der Waals surface area contributed by atoms with Crippen LogP contribution in [0.25, 0.3) is 0 Å². The molecule has 2 saturated heterocycles. The Morgan fingerprint density at radius 3 is 2.33 bits per heavy atom. The summed E-state index contributed by atoms with van der Waals surface area (Å²) in [5.74, 6) is -0.421. The van der Waals surface area contributed by atoms with E-state index in [1.54, 1.807) is 6.92 Å². The molecule has 0 amide bonds. The first-order valence-electron chi connectivity index (χ1n) is 8.32. The van der Waals surface area contributed by atoms with Gasteiger partial charge in [-0.2, -0.15) is 0 Å². The number of ether oxygens (including phenoxy) is 1. The molecule has 0 atom stereocenters. The van der Waals surface area contributed by atoms with Crippen LogP contribution in [0.5, 0.6) is 0 Å². The molecule has 2 rings (SSSR count). The topological polar surface area (TPSA) is 49.9 Å². The molecule has 0 aliphatic carbocycles. The molecule has 0 bridgehead atoms. The number of hydrogen-bond donors (Lipinski definition) is 0. The number of carbonyl (C=O) groups excluding carboxylic acids is 2. The molecule has 2 aliphatic heterocycles. The van der Waals surface area contributed by atoms with E-state index < -0.39 is 5.97 Å². The van der Waals surface area contributed by atoms with Crippen LogP contribution in [0.1, 0.15) is 45.4 Å². The third kappa shape index (κ3) is 5.40. The predicted octanol–water partition coefficient (Wildman–Crippen LogP) is 1.46. The standard InChI is InChI=1S/C16H28N2O3/c1-2-21-16(20)12-15(19)13-17-10-6-14(7-11-17)18-8-4-3-5-9-18/h14H,2-13H2,1H3. The fourth-order valence-electron chi connectivity index (χ4n) is 3.40. The van der Waals surface area contributed by atoms with Crippen molar-refractivity contribution < 1.29 is 14.3 Å². The second kappa shape index (κ2) is 8.49. The number of nitrogens with zero attached hydrogens (tertiary/aromatic N) is 2. The second-order valence-corrected chi connectivity index (χ2v) is 6.12. The summed E-state index contributed by atoms with van der Waals surface area (Å²) in [6.45, 7) is 6.91. The van der Waals surface area contributed by atoms with Gasteiger partial charge in [-0.25, -0.2) is 0 Å². The minimum absolute atomic E-state index is 0.0233. The predicted molar refractivity (Wildman–Crippen MR) is 81.1 cm³/mol. The van der Waals surface area contributed by atoms with Crippen LogP contribution >= 0.6 is 0 Å². The molecule has 0 aromatic heterocycles. The van der Waals surface area contributed by atoms with E-state index in [0.717, 1.165) is 25.9 Å². The van der Waals surface area contributed by atoms with Gasteiger partial charge in [-0.1, -0.05) is 6.42 Å². The highest BCUT2D eigenvalue weighted by atomic mass is 16.5. The number of rotatable bonds is 6. The van der Waals surface area contributed by atoms with Crippen LogP contribution in [0.15, 0.2) is 0 Å². The number of carbonyl (C=O) groups is 2.